The molecular formula is C9H13NO9P2. The summed E-state index contributed by atoms with van der Waals surface area (Å²) in [5.41, 5.74) is 4.65. The number of rotatable bonds is 5. The molecule has 8 N–H and O–H groups in total. The number of carboxylic acids is 1. The zero-order valence-corrected chi connectivity index (χ0v) is 12.1. The number of phenolic OH excluding ortho intramolecular Hbond substituents is 1. The number of aliphatic carboxylic acids is 1. The van der Waals surface area contributed by atoms with Gasteiger partial charge in [0, 0.05) is 6.42 Å². The van der Waals surface area contributed by atoms with E-state index in [-0.39, 0.29) is 0 Å². The molecule has 0 heterocycles. The molecule has 1 atom stereocenters. The van der Waals surface area contributed by atoms with Crippen molar-refractivity contribution in [3.8, 4) is 5.75 Å². The number of phenols is 1. The van der Waals surface area contributed by atoms with Crippen molar-refractivity contribution in [3.63, 3.8) is 0 Å². The van der Waals surface area contributed by atoms with Gasteiger partial charge in [-0.2, -0.15) is 0 Å². The van der Waals surface area contributed by atoms with Crippen LogP contribution in [0.5, 0.6) is 5.75 Å². The molecule has 0 aliphatic heterocycles. The molecule has 0 saturated heterocycles. The smallest absolute Gasteiger partial charge is 0.356 e. The monoisotopic (exact) mass is 341 g/mol. The minimum Gasteiger partial charge on any atom is -0.508 e. The molecular weight excluding hydrogens is 328 g/mol. The number of hydrogen-bond acceptors (Lipinski definition) is 5. The van der Waals surface area contributed by atoms with Crippen LogP contribution in [0.25, 0.3) is 0 Å². The first-order valence-electron chi connectivity index (χ1n) is 5.30. The summed E-state index contributed by atoms with van der Waals surface area (Å²) in [5, 5.41) is 16.3. The molecule has 0 radical (unpaired) electrons. The Kier molecular flexibility index (Phi) is 4.97. The Morgan fingerprint density at radius 2 is 1.48 bits per heavy atom. The summed E-state index contributed by atoms with van der Waals surface area (Å²) in [6, 6.07) is -0.404. The lowest BCUT2D eigenvalue weighted by atomic mass is 10.1. The number of benzene rings is 1. The summed E-state index contributed by atoms with van der Waals surface area (Å²) in [4.78, 5) is 47.5. The van der Waals surface area contributed by atoms with Gasteiger partial charge < -0.3 is 35.5 Å². The van der Waals surface area contributed by atoms with E-state index in [0.717, 1.165) is 0 Å². The minimum atomic E-state index is -5.02. The predicted molar refractivity (Wildman–Crippen MR) is 70.8 cm³/mol. The topological polar surface area (TPSA) is 199 Å². The first-order chi connectivity index (χ1) is 9.34. The van der Waals surface area contributed by atoms with E-state index in [2.05, 4.69) is 0 Å². The Hall–Kier alpha value is -1.25. The number of aromatic hydroxyl groups is 1. The molecule has 118 valence electrons. The van der Waals surface area contributed by atoms with Crippen LogP contribution in [-0.2, 0) is 20.3 Å². The van der Waals surface area contributed by atoms with E-state index < -0.39 is 55.5 Å². The molecule has 12 heteroatoms. The number of hydrogen-bond donors (Lipinski definition) is 7. The van der Waals surface area contributed by atoms with E-state index in [0.29, 0.717) is 12.1 Å². The van der Waals surface area contributed by atoms with Crippen molar-refractivity contribution in [3.05, 3.63) is 17.7 Å². The van der Waals surface area contributed by atoms with E-state index in [1.54, 1.807) is 0 Å². The van der Waals surface area contributed by atoms with Crippen LogP contribution >= 0.6 is 15.2 Å². The van der Waals surface area contributed by atoms with Crippen LogP contribution in [0, 0.1) is 0 Å². The molecule has 0 unspecified atom stereocenters. The second-order valence-corrected chi connectivity index (χ2v) is 7.34. The Morgan fingerprint density at radius 3 is 1.76 bits per heavy atom. The summed E-state index contributed by atoms with van der Waals surface area (Å²) in [5.74, 6) is -2.30. The third kappa shape index (κ3) is 4.36. The zero-order valence-electron chi connectivity index (χ0n) is 10.3. The molecule has 0 aliphatic rings. The number of nitrogens with two attached hydrogens (primary N) is 1. The summed E-state index contributed by atoms with van der Waals surface area (Å²) in [6.45, 7) is 0. The largest absolute Gasteiger partial charge is 0.508 e. The highest BCUT2D eigenvalue weighted by Gasteiger charge is 2.32. The molecule has 0 aromatic heterocycles. The van der Waals surface area contributed by atoms with Crippen LogP contribution in [0.1, 0.15) is 5.56 Å². The van der Waals surface area contributed by atoms with Gasteiger partial charge in [-0.05, 0) is 17.7 Å². The molecule has 0 amide bonds. The molecule has 0 bridgehead atoms. The Labute approximate surface area is 118 Å². The summed E-state index contributed by atoms with van der Waals surface area (Å²) >= 11 is 0. The van der Waals surface area contributed by atoms with E-state index in [1.807, 2.05) is 0 Å². The first-order valence-corrected chi connectivity index (χ1v) is 8.53. The molecule has 0 aliphatic carbocycles. The van der Waals surface area contributed by atoms with Crippen molar-refractivity contribution in [2.24, 2.45) is 5.73 Å². The van der Waals surface area contributed by atoms with Crippen molar-refractivity contribution in [1.29, 1.82) is 0 Å². The first kappa shape index (κ1) is 17.8. The molecule has 0 saturated carbocycles. The number of carboxylic acid groups (broad SMARTS) is 1. The van der Waals surface area contributed by atoms with Crippen LogP contribution in [0.15, 0.2) is 12.1 Å². The lowest BCUT2D eigenvalue weighted by Gasteiger charge is -2.18. The second-order valence-electron chi connectivity index (χ2n) is 4.20. The van der Waals surface area contributed by atoms with Crippen molar-refractivity contribution in [2.75, 3.05) is 0 Å². The highest BCUT2D eigenvalue weighted by molar-refractivity contribution is 7.62. The van der Waals surface area contributed by atoms with Gasteiger partial charge in [0.05, 0.1) is 10.6 Å². The molecule has 0 spiro atoms. The molecule has 1 rings (SSSR count). The van der Waals surface area contributed by atoms with Crippen LogP contribution in [0.2, 0.25) is 0 Å². The van der Waals surface area contributed by atoms with Gasteiger partial charge in [0.25, 0.3) is 0 Å². The third-order valence-electron chi connectivity index (χ3n) is 2.56. The molecule has 1 aromatic carbocycles. The second kappa shape index (κ2) is 5.86. The predicted octanol–water partition coefficient (Wildman–Crippen LogP) is -2.05. The average Bonchev–Trinajstić information content (AvgIpc) is 2.27. The van der Waals surface area contributed by atoms with Crippen LogP contribution < -0.4 is 16.3 Å². The Bertz CT molecular complexity index is 618. The Balaban J connectivity index is 3.65. The lowest BCUT2D eigenvalue weighted by Crippen LogP contribution is -2.36. The SMILES string of the molecule is N[C@@H](Cc1c(P(=O)(O)O)cc(O)cc1P(=O)(O)O)C(=O)O. The van der Waals surface area contributed by atoms with E-state index >= 15 is 0 Å². The van der Waals surface area contributed by atoms with Gasteiger partial charge in [0.15, 0.2) is 0 Å². The van der Waals surface area contributed by atoms with Crippen LogP contribution in [-0.4, -0.2) is 41.8 Å². The highest BCUT2D eigenvalue weighted by atomic mass is 31.2. The fourth-order valence-corrected chi connectivity index (χ4v) is 3.48. The van der Waals surface area contributed by atoms with Gasteiger partial charge >= 0.3 is 21.2 Å². The average molecular weight is 341 g/mol. The maximum Gasteiger partial charge on any atom is 0.356 e. The molecule has 21 heavy (non-hydrogen) atoms. The standard InChI is InChI=1S/C9H13NO9P2/c10-6(9(12)13)3-5-7(20(14,15)16)1-4(11)2-8(5)21(17,18)19/h1-2,6,11H,3,10H2,(H,12,13)(H2,14,15,16)(H2,17,18,19)/t6-/m0/s1. The van der Waals surface area contributed by atoms with Gasteiger partial charge in [0.2, 0.25) is 0 Å². The van der Waals surface area contributed by atoms with Gasteiger partial charge in [0.1, 0.15) is 11.8 Å². The third-order valence-corrected chi connectivity index (χ3v) is 4.61. The van der Waals surface area contributed by atoms with Crippen molar-refractivity contribution in [2.45, 2.75) is 12.5 Å². The molecule has 0 fully saturated rings. The van der Waals surface area contributed by atoms with Crippen LogP contribution in [0.3, 0.4) is 0 Å². The lowest BCUT2D eigenvalue weighted by molar-refractivity contribution is -0.138. The van der Waals surface area contributed by atoms with Crippen molar-refractivity contribution < 1.29 is 43.7 Å². The van der Waals surface area contributed by atoms with E-state index in [4.69, 9.17) is 10.8 Å². The quantitative estimate of drug-likeness (QED) is 0.292. The van der Waals surface area contributed by atoms with Gasteiger partial charge in [-0.1, -0.05) is 0 Å². The summed E-state index contributed by atoms with van der Waals surface area (Å²) in [6.07, 6.45) is -0.726. The van der Waals surface area contributed by atoms with Crippen LogP contribution in [0.4, 0.5) is 0 Å². The Morgan fingerprint density at radius 1 is 1.10 bits per heavy atom. The normalized spacial score (nSPS) is 14.0. The molecule has 10 nitrogen and oxygen atoms in total. The minimum absolute atomic E-state index is 0.593. The maximum absolute atomic E-state index is 11.4. The van der Waals surface area contributed by atoms with Crippen molar-refractivity contribution >= 4 is 31.8 Å². The fraction of sp³-hybridized carbons (Fsp3) is 0.222. The van der Waals surface area contributed by atoms with E-state index in [1.165, 1.54) is 0 Å². The van der Waals surface area contributed by atoms with E-state index in [9.17, 15) is 38.6 Å². The highest BCUT2D eigenvalue weighted by Crippen LogP contribution is 2.41. The number of carbonyl (C=O) groups is 1. The zero-order chi connectivity index (χ0) is 16.6. The maximum atomic E-state index is 11.4. The fourth-order valence-electron chi connectivity index (χ4n) is 1.66. The van der Waals surface area contributed by atoms with Gasteiger partial charge in [-0.25, -0.2) is 0 Å². The molecule has 1 aromatic rings. The van der Waals surface area contributed by atoms with Crippen molar-refractivity contribution in [1.82, 2.24) is 0 Å². The van der Waals surface area contributed by atoms with Gasteiger partial charge in [-0.3, -0.25) is 13.9 Å². The summed E-state index contributed by atoms with van der Waals surface area (Å²) in [7, 11) is -10.0. The van der Waals surface area contributed by atoms with Gasteiger partial charge in [-0.15, -0.1) is 0 Å². The summed E-state index contributed by atoms with van der Waals surface area (Å²) < 4.78 is 22.8.